The van der Waals surface area contributed by atoms with Crippen LogP contribution in [0.2, 0.25) is 0 Å². The quantitative estimate of drug-likeness (QED) is 0.871. The third-order valence-corrected chi connectivity index (χ3v) is 3.95. The number of rotatable bonds is 3. The third kappa shape index (κ3) is 2.68. The molecule has 0 spiro atoms. The Bertz CT molecular complexity index is 663. The van der Waals surface area contributed by atoms with Crippen LogP contribution in [0.15, 0.2) is 28.9 Å². The second-order valence-corrected chi connectivity index (χ2v) is 5.82. The Kier molecular flexibility index (Phi) is 3.83. The molecule has 2 aromatic rings. The number of carbonyl (C=O) groups excluding carboxylic acids is 1. The number of nitrogens with zero attached hydrogens (tertiary/aromatic N) is 4. The molecule has 1 amide bonds. The second-order valence-electron chi connectivity index (χ2n) is 5.82. The fourth-order valence-corrected chi connectivity index (χ4v) is 2.80. The number of amides is 1. The van der Waals surface area contributed by atoms with E-state index in [1.807, 2.05) is 49.0 Å². The van der Waals surface area contributed by atoms with Gasteiger partial charge in [0.15, 0.2) is 0 Å². The predicted octanol–water partition coefficient (Wildman–Crippen LogP) is 2.42. The van der Waals surface area contributed by atoms with Crippen LogP contribution < -0.4 is 4.90 Å². The average Bonchev–Trinajstić information content (AvgIpc) is 3.15. The van der Waals surface area contributed by atoms with E-state index in [9.17, 15) is 4.79 Å². The highest BCUT2D eigenvalue weighted by Gasteiger charge is 2.32. The van der Waals surface area contributed by atoms with Gasteiger partial charge in [0.2, 0.25) is 0 Å². The summed E-state index contributed by atoms with van der Waals surface area (Å²) in [7, 11) is 3.85. The lowest BCUT2D eigenvalue weighted by atomic mass is 10.1. The second kappa shape index (κ2) is 5.79. The van der Waals surface area contributed by atoms with Gasteiger partial charge in [0.05, 0.1) is 11.6 Å². The summed E-state index contributed by atoms with van der Waals surface area (Å²) in [5.41, 5.74) is 1.44. The minimum absolute atomic E-state index is 0.000888. The molecule has 1 atom stereocenters. The molecule has 2 aromatic heterocycles. The molecule has 0 aromatic carbocycles. The predicted molar refractivity (Wildman–Crippen MR) is 82.8 cm³/mol. The maximum atomic E-state index is 12.7. The van der Waals surface area contributed by atoms with Crippen LogP contribution in [0.4, 0.5) is 5.82 Å². The number of hydrogen-bond acceptors (Lipinski definition) is 5. The SMILES string of the molecule is Cc1cc([C@@H]2CCCN2C(=O)c2ccc(N(C)C)nc2)no1. The summed E-state index contributed by atoms with van der Waals surface area (Å²) < 4.78 is 5.15. The molecule has 1 aliphatic rings. The first-order valence-corrected chi connectivity index (χ1v) is 7.44. The number of aromatic nitrogens is 2. The highest BCUT2D eigenvalue weighted by molar-refractivity contribution is 5.94. The van der Waals surface area contributed by atoms with Crippen molar-refractivity contribution in [3.05, 3.63) is 41.4 Å². The van der Waals surface area contributed by atoms with Gasteiger partial charge in [0.25, 0.3) is 5.91 Å². The molecule has 3 rings (SSSR count). The van der Waals surface area contributed by atoms with Crippen molar-refractivity contribution in [3.63, 3.8) is 0 Å². The molecular weight excluding hydrogens is 280 g/mol. The summed E-state index contributed by atoms with van der Waals surface area (Å²) in [6, 6.07) is 5.59. The molecule has 22 heavy (non-hydrogen) atoms. The van der Waals surface area contributed by atoms with Crippen molar-refractivity contribution in [2.24, 2.45) is 0 Å². The van der Waals surface area contributed by atoms with Gasteiger partial charge < -0.3 is 14.3 Å². The average molecular weight is 300 g/mol. The molecule has 3 heterocycles. The molecule has 6 nitrogen and oxygen atoms in total. The normalized spacial score (nSPS) is 17.8. The van der Waals surface area contributed by atoms with Crippen molar-refractivity contribution >= 4 is 11.7 Å². The van der Waals surface area contributed by atoms with Crippen molar-refractivity contribution < 1.29 is 9.32 Å². The number of pyridine rings is 1. The van der Waals surface area contributed by atoms with Gasteiger partial charge >= 0.3 is 0 Å². The third-order valence-electron chi connectivity index (χ3n) is 3.95. The Hall–Kier alpha value is -2.37. The summed E-state index contributed by atoms with van der Waals surface area (Å²) >= 11 is 0. The zero-order valence-electron chi connectivity index (χ0n) is 13.1. The summed E-state index contributed by atoms with van der Waals surface area (Å²) in [6.07, 6.45) is 3.54. The van der Waals surface area contributed by atoms with E-state index in [2.05, 4.69) is 10.1 Å². The van der Waals surface area contributed by atoms with E-state index in [1.54, 1.807) is 6.20 Å². The van der Waals surface area contributed by atoms with Crippen LogP contribution in [0.1, 0.15) is 40.7 Å². The van der Waals surface area contributed by atoms with E-state index in [0.717, 1.165) is 36.7 Å². The minimum atomic E-state index is -0.00141. The van der Waals surface area contributed by atoms with E-state index >= 15 is 0 Å². The molecule has 1 fully saturated rings. The lowest BCUT2D eigenvalue weighted by Gasteiger charge is -2.23. The van der Waals surface area contributed by atoms with Crippen molar-refractivity contribution in [1.29, 1.82) is 0 Å². The van der Waals surface area contributed by atoms with Crippen LogP contribution in [-0.2, 0) is 0 Å². The first kappa shape index (κ1) is 14.6. The molecule has 0 unspecified atom stereocenters. The zero-order chi connectivity index (χ0) is 15.7. The molecule has 0 radical (unpaired) electrons. The van der Waals surface area contributed by atoms with Gasteiger partial charge in [-0.15, -0.1) is 0 Å². The summed E-state index contributed by atoms with van der Waals surface area (Å²) in [5.74, 6) is 1.61. The van der Waals surface area contributed by atoms with E-state index < -0.39 is 0 Å². The van der Waals surface area contributed by atoms with Crippen molar-refractivity contribution in [2.45, 2.75) is 25.8 Å². The largest absolute Gasteiger partial charge is 0.363 e. The van der Waals surface area contributed by atoms with Crippen LogP contribution in [0.5, 0.6) is 0 Å². The summed E-state index contributed by atoms with van der Waals surface area (Å²) in [6.45, 7) is 2.60. The van der Waals surface area contributed by atoms with E-state index in [-0.39, 0.29) is 11.9 Å². The van der Waals surface area contributed by atoms with E-state index in [4.69, 9.17) is 4.52 Å². The minimum Gasteiger partial charge on any atom is -0.363 e. The molecule has 6 heteroatoms. The number of carbonyl (C=O) groups is 1. The maximum Gasteiger partial charge on any atom is 0.255 e. The highest BCUT2D eigenvalue weighted by Crippen LogP contribution is 2.32. The molecule has 1 aliphatic heterocycles. The Morgan fingerprint density at radius 3 is 2.82 bits per heavy atom. The number of likely N-dealkylation sites (tertiary alicyclic amines) is 1. The van der Waals surface area contributed by atoms with Crippen molar-refractivity contribution in [1.82, 2.24) is 15.0 Å². The lowest BCUT2D eigenvalue weighted by Crippen LogP contribution is -2.30. The Balaban J connectivity index is 1.81. The van der Waals surface area contributed by atoms with E-state index in [1.165, 1.54) is 0 Å². The number of anilines is 1. The van der Waals surface area contributed by atoms with Gasteiger partial charge in [-0.3, -0.25) is 4.79 Å². The molecular formula is C16H20N4O2. The molecule has 0 bridgehead atoms. The molecule has 116 valence electrons. The smallest absolute Gasteiger partial charge is 0.255 e. The lowest BCUT2D eigenvalue weighted by molar-refractivity contribution is 0.0730. The van der Waals surface area contributed by atoms with Gasteiger partial charge in [-0.2, -0.15) is 0 Å². The van der Waals surface area contributed by atoms with Crippen LogP contribution in [0, 0.1) is 6.92 Å². The fourth-order valence-electron chi connectivity index (χ4n) is 2.80. The van der Waals surface area contributed by atoms with Crippen LogP contribution in [0.3, 0.4) is 0 Å². The van der Waals surface area contributed by atoms with Crippen LogP contribution in [0.25, 0.3) is 0 Å². The Morgan fingerprint density at radius 2 is 2.23 bits per heavy atom. The fraction of sp³-hybridized carbons (Fsp3) is 0.438. The van der Waals surface area contributed by atoms with Gasteiger partial charge in [-0.1, -0.05) is 5.16 Å². The molecule has 0 saturated carbocycles. The van der Waals surface area contributed by atoms with Gasteiger partial charge in [-0.25, -0.2) is 4.98 Å². The number of hydrogen-bond donors (Lipinski definition) is 0. The standard InChI is InChI=1S/C16H20N4O2/c1-11-9-13(18-22-11)14-5-4-8-20(14)16(21)12-6-7-15(17-10-12)19(2)3/h6-7,9-10,14H,4-5,8H2,1-3H3/t14-/m0/s1. The monoisotopic (exact) mass is 300 g/mol. The first-order chi connectivity index (χ1) is 10.6. The highest BCUT2D eigenvalue weighted by atomic mass is 16.5. The van der Waals surface area contributed by atoms with Gasteiger partial charge in [-0.05, 0) is 31.9 Å². The first-order valence-electron chi connectivity index (χ1n) is 7.44. The molecule has 1 saturated heterocycles. The van der Waals surface area contributed by atoms with Gasteiger partial charge in [0, 0.05) is 32.9 Å². The Morgan fingerprint density at radius 1 is 1.41 bits per heavy atom. The van der Waals surface area contributed by atoms with Gasteiger partial charge in [0.1, 0.15) is 17.3 Å². The Labute approximate surface area is 129 Å². The van der Waals surface area contributed by atoms with Crippen molar-refractivity contribution in [2.75, 3.05) is 25.5 Å². The zero-order valence-corrected chi connectivity index (χ0v) is 13.1. The topological polar surface area (TPSA) is 62.5 Å². The summed E-state index contributed by atoms with van der Waals surface area (Å²) in [4.78, 5) is 20.8. The number of aryl methyl sites for hydroxylation is 1. The summed E-state index contributed by atoms with van der Waals surface area (Å²) in [5, 5.41) is 4.07. The van der Waals surface area contributed by atoms with Crippen LogP contribution >= 0.6 is 0 Å². The maximum absolute atomic E-state index is 12.7. The van der Waals surface area contributed by atoms with E-state index in [0.29, 0.717) is 5.56 Å². The van der Waals surface area contributed by atoms with Crippen LogP contribution in [-0.4, -0.2) is 41.6 Å². The molecule has 0 N–H and O–H groups in total. The molecule has 0 aliphatic carbocycles. The van der Waals surface area contributed by atoms with Crippen molar-refractivity contribution in [3.8, 4) is 0 Å².